The molecule has 1 saturated carbocycles. The van der Waals surface area contributed by atoms with Crippen molar-refractivity contribution in [3.05, 3.63) is 0 Å². The summed E-state index contributed by atoms with van der Waals surface area (Å²) in [6.07, 6.45) is 4.27. The summed E-state index contributed by atoms with van der Waals surface area (Å²) in [5.74, 6) is 2.49. The zero-order valence-corrected chi connectivity index (χ0v) is 13.1. The van der Waals surface area contributed by atoms with Crippen molar-refractivity contribution >= 4 is 0 Å². The molecule has 1 saturated heterocycles. The van der Waals surface area contributed by atoms with Gasteiger partial charge in [0.25, 0.3) is 0 Å². The minimum atomic E-state index is 0.641. The van der Waals surface area contributed by atoms with Gasteiger partial charge in [0, 0.05) is 38.8 Å². The van der Waals surface area contributed by atoms with Crippen LogP contribution >= 0.6 is 0 Å². The Kier molecular flexibility index (Phi) is 5.67. The zero-order chi connectivity index (χ0) is 13.8. The lowest BCUT2D eigenvalue weighted by Crippen LogP contribution is -2.52. The monoisotopic (exact) mass is 267 g/mol. The molecular formula is C16H33N3. The van der Waals surface area contributed by atoms with Crippen molar-refractivity contribution in [2.24, 2.45) is 23.5 Å². The lowest BCUT2D eigenvalue weighted by molar-refractivity contribution is 0.0527. The van der Waals surface area contributed by atoms with E-state index in [1.54, 1.807) is 0 Å². The fourth-order valence-corrected chi connectivity index (χ4v) is 3.68. The van der Waals surface area contributed by atoms with E-state index in [0.29, 0.717) is 5.92 Å². The van der Waals surface area contributed by atoms with Crippen LogP contribution in [0.2, 0.25) is 0 Å². The molecular weight excluding hydrogens is 234 g/mol. The molecule has 2 N–H and O–H groups in total. The summed E-state index contributed by atoms with van der Waals surface area (Å²) in [5.41, 5.74) is 5.72. The van der Waals surface area contributed by atoms with E-state index in [1.807, 2.05) is 0 Å². The molecule has 2 rings (SSSR count). The van der Waals surface area contributed by atoms with Gasteiger partial charge in [-0.25, -0.2) is 0 Å². The molecule has 0 bridgehead atoms. The van der Waals surface area contributed by atoms with Gasteiger partial charge in [0.15, 0.2) is 0 Å². The van der Waals surface area contributed by atoms with E-state index in [0.717, 1.165) is 24.4 Å². The highest BCUT2D eigenvalue weighted by Gasteiger charge is 2.30. The molecule has 3 heteroatoms. The van der Waals surface area contributed by atoms with Gasteiger partial charge >= 0.3 is 0 Å². The third-order valence-electron chi connectivity index (χ3n) is 5.47. The second kappa shape index (κ2) is 7.05. The number of hydrogen-bond donors (Lipinski definition) is 1. The third kappa shape index (κ3) is 4.17. The summed E-state index contributed by atoms with van der Waals surface area (Å²) >= 11 is 0. The van der Waals surface area contributed by atoms with Gasteiger partial charge in [0.2, 0.25) is 0 Å². The van der Waals surface area contributed by atoms with Gasteiger partial charge in [-0.2, -0.15) is 0 Å². The van der Waals surface area contributed by atoms with Gasteiger partial charge in [-0.3, -0.25) is 4.90 Å². The van der Waals surface area contributed by atoms with Crippen LogP contribution in [0.3, 0.4) is 0 Å². The molecule has 1 aliphatic carbocycles. The molecule has 3 nitrogen and oxygen atoms in total. The lowest BCUT2D eigenvalue weighted by atomic mass is 9.78. The van der Waals surface area contributed by atoms with Crippen LogP contribution in [0, 0.1) is 17.8 Å². The third-order valence-corrected chi connectivity index (χ3v) is 5.47. The number of hydrogen-bond acceptors (Lipinski definition) is 3. The maximum Gasteiger partial charge on any atom is 0.0113 e. The smallest absolute Gasteiger partial charge is 0.0113 e. The van der Waals surface area contributed by atoms with Crippen LogP contribution in [0.15, 0.2) is 0 Å². The topological polar surface area (TPSA) is 32.5 Å². The summed E-state index contributed by atoms with van der Waals surface area (Å²) in [6, 6.07) is 0.861. The molecule has 2 fully saturated rings. The van der Waals surface area contributed by atoms with Gasteiger partial charge in [-0.05, 0) is 43.6 Å². The predicted molar refractivity (Wildman–Crippen MR) is 82.2 cm³/mol. The molecule has 4 unspecified atom stereocenters. The molecule has 19 heavy (non-hydrogen) atoms. The van der Waals surface area contributed by atoms with Crippen LogP contribution in [0.4, 0.5) is 0 Å². The first-order valence-corrected chi connectivity index (χ1v) is 8.26. The van der Waals surface area contributed by atoms with E-state index in [-0.39, 0.29) is 0 Å². The predicted octanol–water partition coefficient (Wildman–Crippen LogP) is 2.02. The van der Waals surface area contributed by atoms with Crippen molar-refractivity contribution in [2.75, 3.05) is 39.3 Å². The van der Waals surface area contributed by atoms with Gasteiger partial charge in [0.1, 0.15) is 0 Å². The van der Waals surface area contributed by atoms with Crippen LogP contribution < -0.4 is 5.73 Å². The molecule has 0 amide bonds. The summed E-state index contributed by atoms with van der Waals surface area (Å²) in [4.78, 5) is 5.36. The number of nitrogens with zero attached hydrogens (tertiary/aromatic N) is 2. The van der Waals surface area contributed by atoms with Crippen molar-refractivity contribution in [1.82, 2.24) is 9.80 Å². The Morgan fingerprint density at radius 1 is 1.05 bits per heavy atom. The van der Waals surface area contributed by atoms with Gasteiger partial charge in [0.05, 0.1) is 0 Å². The Morgan fingerprint density at radius 2 is 1.74 bits per heavy atom. The molecule has 4 atom stereocenters. The standard InChI is InChI=1S/C16H33N3/c1-13(11-17)12-18-6-8-19(9-7-18)16-5-4-14(2)15(3)10-16/h13-16H,4-12,17H2,1-3H3. The molecule has 2 aliphatic rings. The lowest BCUT2D eigenvalue weighted by Gasteiger charge is -2.43. The highest BCUT2D eigenvalue weighted by molar-refractivity contribution is 4.85. The Hall–Kier alpha value is -0.120. The van der Waals surface area contributed by atoms with Gasteiger partial charge in [-0.15, -0.1) is 0 Å². The SMILES string of the molecule is CC(CN)CN1CCN(C2CCC(C)C(C)C2)CC1. The van der Waals surface area contributed by atoms with Gasteiger partial charge in [-0.1, -0.05) is 20.8 Å². The Morgan fingerprint density at radius 3 is 2.32 bits per heavy atom. The minimum absolute atomic E-state index is 0.641. The van der Waals surface area contributed by atoms with Crippen LogP contribution in [0.25, 0.3) is 0 Å². The minimum Gasteiger partial charge on any atom is -0.330 e. The largest absolute Gasteiger partial charge is 0.330 e. The van der Waals surface area contributed by atoms with E-state index < -0.39 is 0 Å². The summed E-state index contributed by atoms with van der Waals surface area (Å²) < 4.78 is 0. The Balaban J connectivity index is 1.74. The number of piperazine rings is 1. The normalized spacial score (nSPS) is 36.3. The molecule has 0 aromatic carbocycles. The van der Waals surface area contributed by atoms with Gasteiger partial charge < -0.3 is 10.6 Å². The second-order valence-corrected chi connectivity index (χ2v) is 7.10. The van der Waals surface area contributed by atoms with Crippen molar-refractivity contribution in [1.29, 1.82) is 0 Å². The molecule has 0 aromatic heterocycles. The van der Waals surface area contributed by atoms with E-state index in [4.69, 9.17) is 5.73 Å². The maximum atomic E-state index is 5.72. The average Bonchev–Trinajstić information content (AvgIpc) is 2.42. The van der Waals surface area contributed by atoms with Crippen molar-refractivity contribution in [3.8, 4) is 0 Å². The van der Waals surface area contributed by atoms with E-state index in [9.17, 15) is 0 Å². The highest BCUT2D eigenvalue weighted by Crippen LogP contribution is 2.32. The zero-order valence-electron chi connectivity index (χ0n) is 13.1. The summed E-state index contributed by atoms with van der Waals surface area (Å²) in [7, 11) is 0. The van der Waals surface area contributed by atoms with Crippen molar-refractivity contribution in [2.45, 2.75) is 46.1 Å². The number of nitrogens with two attached hydrogens (primary N) is 1. The second-order valence-electron chi connectivity index (χ2n) is 7.10. The van der Waals surface area contributed by atoms with Crippen molar-refractivity contribution in [3.63, 3.8) is 0 Å². The van der Waals surface area contributed by atoms with Crippen LogP contribution in [0.5, 0.6) is 0 Å². The number of rotatable bonds is 4. The van der Waals surface area contributed by atoms with E-state index in [2.05, 4.69) is 30.6 Å². The average molecular weight is 267 g/mol. The molecule has 0 aromatic rings. The summed E-state index contributed by atoms with van der Waals surface area (Å²) in [5, 5.41) is 0. The molecule has 0 spiro atoms. The van der Waals surface area contributed by atoms with E-state index in [1.165, 1.54) is 52.0 Å². The molecule has 1 aliphatic heterocycles. The first-order valence-electron chi connectivity index (χ1n) is 8.26. The Bertz CT molecular complexity index is 261. The first-order chi connectivity index (χ1) is 9.10. The fraction of sp³-hybridized carbons (Fsp3) is 1.00. The maximum absolute atomic E-state index is 5.72. The van der Waals surface area contributed by atoms with Crippen LogP contribution in [0.1, 0.15) is 40.0 Å². The molecule has 112 valence electrons. The first kappa shape index (κ1) is 15.3. The highest BCUT2D eigenvalue weighted by atomic mass is 15.3. The van der Waals surface area contributed by atoms with Crippen LogP contribution in [-0.2, 0) is 0 Å². The quantitative estimate of drug-likeness (QED) is 0.846. The molecule has 1 heterocycles. The Labute approximate surface area is 119 Å². The van der Waals surface area contributed by atoms with Crippen molar-refractivity contribution < 1.29 is 0 Å². The molecule has 0 radical (unpaired) electrons. The fourth-order valence-electron chi connectivity index (χ4n) is 3.68. The summed E-state index contributed by atoms with van der Waals surface area (Å²) in [6.45, 7) is 14.1. The van der Waals surface area contributed by atoms with E-state index >= 15 is 0 Å². The van der Waals surface area contributed by atoms with Crippen LogP contribution in [-0.4, -0.2) is 55.1 Å².